The minimum absolute atomic E-state index is 0.118. The van der Waals surface area contributed by atoms with E-state index in [2.05, 4.69) is 5.10 Å². The second-order valence-electron chi connectivity index (χ2n) is 6.64. The fraction of sp³-hybridized carbons (Fsp3) is 0.421. The van der Waals surface area contributed by atoms with Crippen molar-refractivity contribution in [2.75, 3.05) is 19.7 Å². The summed E-state index contributed by atoms with van der Waals surface area (Å²) in [5.41, 5.74) is 2.89. The van der Waals surface area contributed by atoms with Gasteiger partial charge in [-0.25, -0.2) is 0 Å². The van der Waals surface area contributed by atoms with Gasteiger partial charge < -0.3 is 14.7 Å². The summed E-state index contributed by atoms with van der Waals surface area (Å²) in [6.45, 7) is 5.17. The van der Waals surface area contributed by atoms with Crippen molar-refractivity contribution in [3.63, 3.8) is 0 Å². The molecule has 27 heavy (non-hydrogen) atoms. The Kier molecular flexibility index (Phi) is 5.82. The van der Waals surface area contributed by atoms with E-state index in [9.17, 15) is 9.59 Å². The number of ether oxygens (including phenoxy) is 1. The molecule has 144 valence electrons. The summed E-state index contributed by atoms with van der Waals surface area (Å²) in [7, 11) is 0. The molecule has 1 aromatic heterocycles. The highest BCUT2D eigenvalue weighted by Crippen LogP contribution is 2.21. The van der Waals surface area contributed by atoms with Crippen LogP contribution in [0.4, 0.5) is 0 Å². The van der Waals surface area contributed by atoms with Gasteiger partial charge >= 0.3 is 5.97 Å². The molecule has 0 radical (unpaired) electrons. The topological polar surface area (TPSA) is 84.7 Å². The Morgan fingerprint density at radius 3 is 2.78 bits per heavy atom. The van der Waals surface area contributed by atoms with E-state index in [1.54, 1.807) is 16.5 Å². The van der Waals surface area contributed by atoms with Crippen molar-refractivity contribution in [3.05, 3.63) is 51.8 Å². The van der Waals surface area contributed by atoms with E-state index in [1.807, 2.05) is 31.2 Å². The van der Waals surface area contributed by atoms with E-state index in [0.717, 1.165) is 11.3 Å². The van der Waals surface area contributed by atoms with Gasteiger partial charge in [0.05, 0.1) is 36.9 Å². The molecule has 0 saturated carbocycles. The SMILES string of the molecule is Cc1nn(Cc2ccccc2Cl)c(C)c1C(=O)N1CCO[C@@H](CC(=O)O)C1. The van der Waals surface area contributed by atoms with E-state index >= 15 is 0 Å². The predicted octanol–water partition coefficient (Wildman–Crippen LogP) is 2.52. The average Bonchev–Trinajstić information content (AvgIpc) is 2.89. The molecule has 1 fully saturated rings. The summed E-state index contributed by atoms with van der Waals surface area (Å²) in [5, 5.41) is 14.1. The second-order valence-corrected chi connectivity index (χ2v) is 7.04. The van der Waals surface area contributed by atoms with Crippen molar-refractivity contribution >= 4 is 23.5 Å². The quantitative estimate of drug-likeness (QED) is 0.846. The van der Waals surface area contributed by atoms with Crippen LogP contribution < -0.4 is 0 Å². The summed E-state index contributed by atoms with van der Waals surface area (Å²) in [6.07, 6.45) is -0.605. The maximum Gasteiger partial charge on any atom is 0.306 e. The summed E-state index contributed by atoms with van der Waals surface area (Å²) in [6, 6.07) is 7.53. The molecule has 8 heteroatoms. The van der Waals surface area contributed by atoms with Crippen LogP contribution in [0.1, 0.15) is 33.7 Å². The average molecular weight is 392 g/mol. The van der Waals surface area contributed by atoms with Crippen LogP contribution >= 0.6 is 11.6 Å². The lowest BCUT2D eigenvalue weighted by Crippen LogP contribution is -2.46. The van der Waals surface area contributed by atoms with Crippen molar-refractivity contribution in [2.24, 2.45) is 0 Å². The van der Waals surface area contributed by atoms with Crippen molar-refractivity contribution in [1.29, 1.82) is 0 Å². The molecule has 1 aliphatic rings. The highest BCUT2D eigenvalue weighted by Gasteiger charge is 2.29. The van der Waals surface area contributed by atoms with Crippen molar-refractivity contribution in [3.8, 4) is 0 Å². The van der Waals surface area contributed by atoms with E-state index in [-0.39, 0.29) is 18.9 Å². The molecule has 1 amide bonds. The van der Waals surface area contributed by atoms with Crippen molar-refractivity contribution in [1.82, 2.24) is 14.7 Å². The van der Waals surface area contributed by atoms with Gasteiger partial charge in [-0.2, -0.15) is 5.10 Å². The molecule has 1 atom stereocenters. The third kappa shape index (κ3) is 4.31. The Morgan fingerprint density at radius 2 is 2.07 bits per heavy atom. The highest BCUT2D eigenvalue weighted by molar-refractivity contribution is 6.31. The Balaban J connectivity index is 1.80. The number of carbonyl (C=O) groups is 2. The molecular formula is C19H22ClN3O4. The van der Waals surface area contributed by atoms with E-state index < -0.39 is 12.1 Å². The van der Waals surface area contributed by atoms with Crippen LogP contribution in [0.2, 0.25) is 5.02 Å². The number of nitrogens with zero attached hydrogens (tertiary/aromatic N) is 3. The monoisotopic (exact) mass is 391 g/mol. The zero-order valence-corrected chi connectivity index (χ0v) is 16.1. The first-order chi connectivity index (χ1) is 12.9. The maximum absolute atomic E-state index is 13.0. The molecular weight excluding hydrogens is 370 g/mol. The van der Waals surface area contributed by atoms with Gasteiger partial charge in [0.1, 0.15) is 0 Å². The first kappa shape index (κ1) is 19.4. The number of rotatable bonds is 5. The number of aromatic nitrogens is 2. The minimum Gasteiger partial charge on any atom is -0.481 e. The van der Waals surface area contributed by atoms with E-state index in [0.29, 0.717) is 36.0 Å². The third-order valence-electron chi connectivity index (χ3n) is 4.70. The lowest BCUT2D eigenvalue weighted by molar-refractivity contribution is -0.141. The molecule has 0 unspecified atom stereocenters. The lowest BCUT2D eigenvalue weighted by Gasteiger charge is -2.32. The highest BCUT2D eigenvalue weighted by atomic mass is 35.5. The zero-order valence-electron chi connectivity index (χ0n) is 15.3. The normalized spacial score (nSPS) is 17.1. The van der Waals surface area contributed by atoms with Crippen LogP contribution in [-0.4, -0.2) is 57.5 Å². The Labute approximate surface area is 162 Å². The van der Waals surface area contributed by atoms with Gasteiger partial charge in [-0.3, -0.25) is 14.3 Å². The van der Waals surface area contributed by atoms with Gasteiger partial charge in [0.2, 0.25) is 0 Å². The number of hydrogen-bond acceptors (Lipinski definition) is 4. The maximum atomic E-state index is 13.0. The van der Waals surface area contributed by atoms with Gasteiger partial charge in [0.25, 0.3) is 5.91 Å². The van der Waals surface area contributed by atoms with Crippen molar-refractivity contribution < 1.29 is 19.4 Å². The molecule has 2 aromatic rings. The Hall–Kier alpha value is -2.38. The van der Waals surface area contributed by atoms with Crippen LogP contribution in [0.5, 0.6) is 0 Å². The summed E-state index contributed by atoms with van der Waals surface area (Å²) in [4.78, 5) is 25.6. The number of carboxylic acid groups (broad SMARTS) is 1. The fourth-order valence-corrected chi connectivity index (χ4v) is 3.52. The summed E-state index contributed by atoms with van der Waals surface area (Å²) in [5.74, 6) is -1.08. The smallest absolute Gasteiger partial charge is 0.306 e. The number of amides is 1. The summed E-state index contributed by atoms with van der Waals surface area (Å²) >= 11 is 6.24. The van der Waals surface area contributed by atoms with Crippen LogP contribution in [0.15, 0.2) is 24.3 Å². The second kappa shape index (κ2) is 8.10. The van der Waals surface area contributed by atoms with E-state index in [1.165, 1.54) is 0 Å². The minimum atomic E-state index is -0.936. The molecule has 0 spiro atoms. The molecule has 2 heterocycles. The van der Waals surface area contributed by atoms with E-state index in [4.69, 9.17) is 21.4 Å². The van der Waals surface area contributed by atoms with Crippen LogP contribution in [0.3, 0.4) is 0 Å². The van der Waals surface area contributed by atoms with Gasteiger partial charge in [0, 0.05) is 23.8 Å². The Bertz CT molecular complexity index is 865. The van der Waals surface area contributed by atoms with Gasteiger partial charge in [-0.1, -0.05) is 29.8 Å². The molecule has 0 aliphatic carbocycles. The van der Waals surface area contributed by atoms with Crippen molar-refractivity contribution in [2.45, 2.75) is 32.9 Å². The number of carboxylic acids is 1. The molecule has 3 rings (SSSR count). The zero-order chi connectivity index (χ0) is 19.6. The number of carbonyl (C=O) groups excluding carboxylic acids is 1. The van der Waals surface area contributed by atoms with Crippen LogP contribution in [0, 0.1) is 13.8 Å². The number of aryl methyl sites for hydroxylation is 1. The fourth-order valence-electron chi connectivity index (χ4n) is 3.33. The predicted molar refractivity (Wildman–Crippen MR) is 100 cm³/mol. The molecule has 1 saturated heterocycles. The molecule has 1 aromatic carbocycles. The molecule has 7 nitrogen and oxygen atoms in total. The number of hydrogen-bond donors (Lipinski definition) is 1. The summed E-state index contributed by atoms with van der Waals surface area (Å²) < 4.78 is 7.23. The first-order valence-electron chi connectivity index (χ1n) is 8.77. The largest absolute Gasteiger partial charge is 0.481 e. The molecule has 1 aliphatic heterocycles. The molecule has 1 N–H and O–H groups in total. The number of benzene rings is 1. The number of morpholine rings is 1. The van der Waals surface area contributed by atoms with Crippen LogP contribution in [0.25, 0.3) is 0 Å². The Morgan fingerprint density at radius 1 is 1.33 bits per heavy atom. The van der Waals surface area contributed by atoms with Gasteiger partial charge in [-0.15, -0.1) is 0 Å². The lowest BCUT2D eigenvalue weighted by atomic mass is 10.1. The van der Waals surface area contributed by atoms with Crippen LogP contribution in [-0.2, 0) is 16.1 Å². The third-order valence-corrected chi connectivity index (χ3v) is 5.07. The number of aliphatic carboxylic acids is 1. The molecule has 0 bridgehead atoms. The standard InChI is InChI=1S/C19H22ClN3O4/c1-12-18(19(26)22-7-8-27-15(11-22)9-17(24)25)13(2)23(21-12)10-14-5-3-4-6-16(14)20/h3-6,15H,7-11H2,1-2H3,(H,24,25)/t15-/m0/s1. The first-order valence-corrected chi connectivity index (χ1v) is 9.14. The van der Waals surface area contributed by atoms with Gasteiger partial charge in [-0.05, 0) is 25.5 Å². The van der Waals surface area contributed by atoms with Gasteiger partial charge in [0.15, 0.2) is 0 Å². The number of halogens is 1.